The van der Waals surface area contributed by atoms with Gasteiger partial charge in [-0.05, 0) is 24.6 Å². The Morgan fingerprint density at radius 2 is 2.05 bits per heavy atom. The molecular weight excluding hydrogens is 246 g/mol. The first kappa shape index (κ1) is 14.1. The van der Waals surface area contributed by atoms with Crippen LogP contribution in [0, 0.1) is 0 Å². The Kier molecular flexibility index (Phi) is 4.29. The molecule has 19 heavy (non-hydrogen) atoms. The Labute approximate surface area is 113 Å². The Balaban J connectivity index is 2.11. The molecule has 106 valence electrons. The van der Waals surface area contributed by atoms with Gasteiger partial charge in [-0.1, -0.05) is 6.07 Å². The lowest BCUT2D eigenvalue weighted by molar-refractivity contribution is -0.151. The summed E-state index contributed by atoms with van der Waals surface area (Å²) in [4.78, 5) is 0. The summed E-state index contributed by atoms with van der Waals surface area (Å²) >= 11 is 0. The van der Waals surface area contributed by atoms with E-state index in [4.69, 9.17) is 24.7 Å². The Morgan fingerprint density at radius 1 is 1.32 bits per heavy atom. The fourth-order valence-corrected chi connectivity index (χ4v) is 2.26. The van der Waals surface area contributed by atoms with Gasteiger partial charge in [-0.3, -0.25) is 0 Å². The van der Waals surface area contributed by atoms with Gasteiger partial charge in [0.05, 0.1) is 26.9 Å². The zero-order valence-corrected chi connectivity index (χ0v) is 11.6. The van der Waals surface area contributed by atoms with Crippen LogP contribution in [-0.2, 0) is 15.9 Å². The molecule has 0 saturated carbocycles. The summed E-state index contributed by atoms with van der Waals surface area (Å²) in [7, 11) is 3.24. The molecule has 1 aliphatic heterocycles. The molecule has 0 radical (unpaired) electrons. The molecule has 0 amide bonds. The van der Waals surface area contributed by atoms with Crippen molar-refractivity contribution in [3.8, 4) is 11.5 Å². The van der Waals surface area contributed by atoms with Crippen LogP contribution in [0.4, 0.5) is 0 Å². The van der Waals surface area contributed by atoms with Crippen molar-refractivity contribution in [3.05, 3.63) is 23.8 Å². The maximum absolute atomic E-state index is 5.81. The summed E-state index contributed by atoms with van der Waals surface area (Å²) in [6.45, 7) is 2.95. The van der Waals surface area contributed by atoms with Crippen LogP contribution in [-0.4, -0.2) is 39.3 Å². The van der Waals surface area contributed by atoms with E-state index >= 15 is 0 Å². The molecule has 1 heterocycles. The molecule has 5 nitrogen and oxygen atoms in total. The van der Waals surface area contributed by atoms with Crippen molar-refractivity contribution in [2.24, 2.45) is 5.73 Å². The standard InChI is InChI=1S/C14H21NO4/c1-14(18-9-11(8-15)19-14)7-10-4-5-12(16-2)13(6-10)17-3/h4-6,11H,7-9,15H2,1-3H3. The van der Waals surface area contributed by atoms with Gasteiger partial charge in [0.25, 0.3) is 0 Å². The van der Waals surface area contributed by atoms with E-state index < -0.39 is 5.79 Å². The summed E-state index contributed by atoms with van der Waals surface area (Å²) in [5, 5.41) is 0. The van der Waals surface area contributed by atoms with Crippen LogP contribution in [0.2, 0.25) is 0 Å². The second kappa shape index (κ2) is 5.77. The van der Waals surface area contributed by atoms with Gasteiger partial charge in [-0.2, -0.15) is 0 Å². The predicted octanol–water partition coefficient (Wildman–Crippen LogP) is 1.34. The summed E-state index contributed by atoms with van der Waals surface area (Å²) < 4.78 is 22.0. The lowest BCUT2D eigenvalue weighted by Crippen LogP contribution is -2.31. The van der Waals surface area contributed by atoms with Crippen molar-refractivity contribution < 1.29 is 18.9 Å². The van der Waals surface area contributed by atoms with Gasteiger partial charge in [-0.25, -0.2) is 0 Å². The molecule has 0 aromatic heterocycles. The number of rotatable bonds is 5. The predicted molar refractivity (Wildman–Crippen MR) is 71.5 cm³/mol. The summed E-state index contributed by atoms with van der Waals surface area (Å²) in [5.41, 5.74) is 6.66. The molecule has 5 heteroatoms. The molecular formula is C14H21NO4. The van der Waals surface area contributed by atoms with Gasteiger partial charge in [0.1, 0.15) is 0 Å². The van der Waals surface area contributed by atoms with Crippen molar-refractivity contribution in [1.82, 2.24) is 0 Å². The number of benzene rings is 1. The molecule has 1 aromatic rings. The minimum atomic E-state index is -0.621. The van der Waals surface area contributed by atoms with Crippen LogP contribution >= 0.6 is 0 Å². The average Bonchev–Trinajstić information content (AvgIpc) is 2.80. The maximum atomic E-state index is 5.81. The van der Waals surface area contributed by atoms with Crippen LogP contribution in [0.25, 0.3) is 0 Å². The molecule has 2 rings (SSSR count). The third-order valence-electron chi connectivity index (χ3n) is 3.23. The largest absolute Gasteiger partial charge is 0.493 e. The van der Waals surface area contributed by atoms with Gasteiger partial charge in [0.2, 0.25) is 0 Å². The van der Waals surface area contributed by atoms with Crippen molar-refractivity contribution in [2.45, 2.75) is 25.2 Å². The second-order valence-electron chi connectivity index (χ2n) is 4.79. The SMILES string of the molecule is COc1ccc(CC2(C)OCC(CN)O2)cc1OC. The van der Waals surface area contributed by atoms with Gasteiger partial charge in [0, 0.05) is 13.0 Å². The molecule has 0 aliphatic carbocycles. The lowest BCUT2D eigenvalue weighted by Gasteiger charge is -2.23. The fourth-order valence-electron chi connectivity index (χ4n) is 2.26. The van der Waals surface area contributed by atoms with E-state index in [9.17, 15) is 0 Å². The highest BCUT2D eigenvalue weighted by Gasteiger charge is 2.36. The van der Waals surface area contributed by atoms with Crippen molar-refractivity contribution >= 4 is 0 Å². The van der Waals surface area contributed by atoms with E-state index in [2.05, 4.69) is 0 Å². The molecule has 2 atom stereocenters. The van der Waals surface area contributed by atoms with E-state index in [-0.39, 0.29) is 6.10 Å². The molecule has 1 saturated heterocycles. The molecule has 2 N–H and O–H groups in total. The third-order valence-corrected chi connectivity index (χ3v) is 3.23. The molecule has 1 fully saturated rings. The van der Waals surface area contributed by atoms with E-state index in [1.165, 1.54) is 0 Å². The number of nitrogens with two attached hydrogens (primary N) is 1. The zero-order chi connectivity index (χ0) is 13.9. The van der Waals surface area contributed by atoms with Gasteiger partial charge < -0.3 is 24.7 Å². The monoisotopic (exact) mass is 267 g/mol. The second-order valence-corrected chi connectivity index (χ2v) is 4.79. The maximum Gasteiger partial charge on any atom is 0.170 e. The molecule has 0 bridgehead atoms. The number of ether oxygens (including phenoxy) is 4. The highest BCUT2D eigenvalue weighted by Crippen LogP contribution is 2.32. The van der Waals surface area contributed by atoms with Crippen molar-refractivity contribution in [3.63, 3.8) is 0 Å². The first-order chi connectivity index (χ1) is 9.10. The average molecular weight is 267 g/mol. The van der Waals surface area contributed by atoms with E-state index in [1.807, 2.05) is 25.1 Å². The van der Waals surface area contributed by atoms with Crippen LogP contribution in [0.1, 0.15) is 12.5 Å². The first-order valence-corrected chi connectivity index (χ1v) is 6.33. The van der Waals surface area contributed by atoms with Crippen LogP contribution in [0.15, 0.2) is 18.2 Å². The summed E-state index contributed by atoms with van der Waals surface area (Å²) in [5.74, 6) is 0.797. The highest BCUT2D eigenvalue weighted by molar-refractivity contribution is 5.43. The summed E-state index contributed by atoms with van der Waals surface area (Å²) in [6.07, 6.45) is 0.620. The Bertz CT molecular complexity index is 437. The first-order valence-electron chi connectivity index (χ1n) is 6.33. The minimum Gasteiger partial charge on any atom is -0.493 e. The molecule has 1 aromatic carbocycles. The Hall–Kier alpha value is -1.30. The molecule has 0 spiro atoms. The zero-order valence-electron chi connectivity index (χ0n) is 11.6. The molecule has 2 unspecified atom stereocenters. The third kappa shape index (κ3) is 3.18. The Morgan fingerprint density at radius 3 is 2.63 bits per heavy atom. The number of hydrogen-bond acceptors (Lipinski definition) is 5. The lowest BCUT2D eigenvalue weighted by atomic mass is 10.1. The minimum absolute atomic E-state index is 0.0230. The van der Waals surface area contributed by atoms with Crippen LogP contribution in [0.5, 0.6) is 11.5 Å². The van der Waals surface area contributed by atoms with E-state index in [1.54, 1.807) is 14.2 Å². The van der Waals surface area contributed by atoms with Gasteiger partial charge >= 0.3 is 0 Å². The van der Waals surface area contributed by atoms with E-state index in [0.717, 1.165) is 5.56 Å². The van der Waals surface area contributed by atoms with E-state index in [0.29, 0.717) is 31.1 Å². The quantitative estimate of drug-likeness (QED) is 0.872. The van der Waals surface area contributed by atoms with Crippen LogP contribution < -0.4 is 15.2 Å². The topological polar surface area (TPSA) is 62.9 Å². The highest BCUT2D eigenvalue weighted by atomic mass is 16.7. The van der Waals surface area contributed by atoms with Crippen molar-refractivity contribution in [2.75, 3.05) is 27.4 Å². The normalized spacial score (nSPS) is 26.4. The van der Waals surface area contributed by atoms with Gasteiger partial charge in [-0.15, -0.1) is 0 Å². The summed E-state index contributed by atoms with van der Waals surface area (Å²) in [6, 6.07) is 5.80. The fraction of sp³-hybridized carbons (Fsp3) is 0.571. The van der Waals surface area contributed by atoms with Crippen LogP contribution in [0.3, 0.4) is 0 Å². The van der Waals surface area contributed by atoms with Crippen molar-refractivity contribution in [1.29, 1.82) is 0 Å². The number of methoxy groups -OCH3 is 2. The number of hydrogen-bond donors (Lipinski definition) is 1. The van der Waals surface area contributed by atoms with Gasteiger partial charge in [0.15, 0.2) is 17.3 Å². The molecule has 1 aliphatic rings. The smallest absolute Gasteiger partial charge is 0.170 e.